The van der Waals surface area contributed by atoms with Crippen molar-refractivity contribution in [2.24, 2.45) is 7.05 Å². The minimum absolute atomic E-state index is 0.218. The number of rotatable bonds is 5. The van der Waals surface area contributed by atoms with Gasteiger partial charge in [-0.3, -0.25) is 4.79 Å². The van der Waals surface area contributed by atoms with Crippen molar-refractivity contribution in [3.63, 3.8) is 0 Å². The van der Waals surface area contributed by atoms with Gasteiger partial charge in [-0.1, -0.05) is 23.7 Å². The molecule has 166 valence electrons. The molecule has 0 fully saturated rings. The molecule has 5 aromatic rings. The number of hydrogen-bond donors (Lipinski definition) is 1. The maximum Gasteiger partial charge on any atom is 0.262 e. The number of fused-ring (bicyclic) bond motifs is 1. The van der Waals surface area contributed by atoms with Crippen molar-refractivity contribution in [2.75, 3.05) is 0 Å². The van der Waals surface area contributed by atoms with Crippen molar-refractivity contribution in [1.29, 1.82) is 0 Å². The van der Waals surface area contributed by atoms with Crippen LogP contribution in [-0.2, 0) is 7.05 Å². The number of imidazole rings is 1. The first-order chi connectivity index (χ1) is 15.9. The summed E-state index contributed by atoms with van der Waals surface area (Å²) in [6.45, 7) is 1.89. The number of carbonyl (C=O) groups excluding carboxylic acids is 1. The number of nitrogens with zero attached hydrogens (tertiary/aromatic N) is 4. The molecule has 0 bridgehead atoms. The molecular weight excluding hydrogens is 461 g/mol. The summed E-state index contributed by atoms with van der Waals surface area (Å²) in [7, 11) is 1.89. The number of nitrogens with one attached hydrogen (secondary N) is 1. The minimum atomic E-state index is -0.449. The highest BCUT2D eigenvalue weighted by atomic mass is 35.5. The van der Waals surface area contributed by atoms with Crippen molar-refractivity contribution < 1.29 is 9.18 Å². The Hall–Kier alpha value is -3.49. The summed E-state index contributed by atoms with van der Waals surface area (Å²) in [6, 6.07) is 14.8. The highest BCUT2D eigenvalue weighted by molar-refractivity contribution is 7.20. The Morgan fingerprint density at radius 3 is 2.55 bits per heavy atom. The van der Waals surface area contributed by atoms with Crippen LogP contribution in [0.4, 0.5) is 4.39 Å². The van der Waals surface area contributed by atoms with Crippen molar-refractivity contribution >= 4 is 39.1 Å². The molecule has 0 aliphatic rings. The molecule has 2 aromatic carbocycles. The van der Waals surface area contributed by atoms with Gasteiger partial charge < -0.3 is 9.88 Å². The van der Waals surface area contributed by atoms with E-state index in [9.17, 15) is 9.18 Å². The maximum absolute atomic E-state index is 13.4. The van der Waals surface area contributed by atoms with E-state index in [1.165, 1.54) is 23.5 Å². The SMILES string of the molecule is Cc1nn(-c2ccc(F)cc2)c2sc(C(=O)N[C@@H](c3ccc(Cl)cc3)c3nccn3C)cc12. The first-order valence-corrected chi connectivity index (χ1v) is 11.4. The molecule has 0 saturated carbocycles. The van der Waals surface area contributed by atoms with Gasteiger partial charge in [-0.2, -0.15) is 5.10 Å². The van der Waals surface area contributed by atoms with Crippen LogP contribution in [0, 0.1) is 12.7 Å². The highest BCUT2D eigenvalue weighted by Gasteiger charge is 2.24. The van der Waals surface area contributed by atoms with E-state index >= 15 is 0 Å². The molecule has 1 amide bonds. The predicted octanol–water partition coefficient (Wildman–Crippen LogP) is 5.44. The zero-order valence-corrected chi connectivity index (χ0v) is 19.4. The molecule has 0 radical (unpaired) electrons. The molecule has 0 aliphatic heterocycles. The minimum Gasteiger partial charge on any atom is -0.337 e. The van der Waals surface area contributed by atoms with Gasteiger partial charge in [0.2, 0.25) is 0 Å². The van der Waals surface area contributed by atoms with Crippen LogP contribution in [0.25, 0.3) is 15.9 Å². The van der Waals surface area contributed by atoms with E-state index in [4.69, 9.17) is 11.6 Å². The predicted molar refractivity (Wildman–Crippen MR) is 128 cm³/mol. The molecular formula is C24H19ClFN5OS. The molecule has 1 atom stereocenters. The Bertz CT molecular complexity index is 1450. The zero-order valence-electron chi connectivity index (χ0n) is 17.8. The number of halogens is 2. The summed E-state index contributed by atoms with van der Waals surface area (Å²) < 4.78 is 17.0. The number of amides is 1. The van der Waals surface area contributed by atoms with Crippen LogP contribution in [-0.4, -0.2) is 25.2 Å². The quantitative estimate of drug-likeness (QED) is 0.365. The Labute approximate surface area is 198 Å². The summed E-state index contributed by atoms with van der Waals surface area (Å²) in [5.74, 6) is 0.178. The molecule has 0 spiro atoms. The van der Waals surface area contributed by atoms with Crippen LogP contribution in [0.3, 0.4) is 0 Å². The lowest BCUT2D eigenvalue weighted by Crippen LogP contribution is -2.30. The lowest BCUT2D eigenvalue weighted by molar-refractivity contribution is 0.0945. The number of carbonyl (C=O) groups is 1. The first kappa shape index (κ1) is 21.4. The van der Waals surface area contributed by atoms with Gasteiger partial charge in [-0.05, 0) is 55.0 Å². The van der Waals surface area contributed by atoms with Crippen LogP contribution in [0.5, 0.6) is 0 Å². The maximum atomic E-state index is 13.4. The van der Waals surface area contributed by atoms with Crippen LogP contribution in [0.2, 0.25) is 5.02 Å². The second-order valence-corrected chi connectivity index (χ2v) is 9.12. The van der Waals surface area contributed by atoms with Gasteiger partial charge in [0.15, 0.2) is 0 Å². The Kier molecular flexibility index (Phi) is 5.47. The lowest BCUT2D eigenvalue weighted by Gasteiger charge is -2.19. The molecule has 5 rings (SSSR count). The van der Waals surface area contributed by atoms with Crippen molar-refractivity contribution in [1.82, 2.24) is 24.6 Å². The van der Waals surface area contributed by atoms with E-state index in [2.05, 4.69) is 15.4 Å². The first-order valence-electron chi connectivity index (χ1n) is 10.2. The van der Waals surface area contributed by atoms with Crippen LogP contribution >= 0.6 is 22.9 Å². The van der Waals surface area contributed by atoms with Gasteiger partial charge in [0.25, 0.3) is 5.91 Å². The standard InChI is InChI=1S/C24H19ClFN5OS/c1-14-19-13-20(33-24(19)31(29-14)18-9-7-17(26)8-10-18)23(32)28-21(22-27-11-12-30(22)2)15-3-5-16(25)6-4-15/h3-13,21H,1-2H3,(H,28,32)/t21-/m0/s1. The smallest absolute Gasteiger partial charge is 0.262 e. The second-order valence-electron chi connectivity index (χ2n) is 7.66. The molecule has 6 nitrogen and oxygen atoms in total. The Morgan fingerprint density at radius 2 is 1.88 bits per heavy atom. The van der Waals surface area contributed by atoms with E-state index in [0.29, 0.717) is 15.7 Å². The van der Waals surface area contributed by atoms with Crippen molar-refractivity contribution in [2.45, 2.75) is 13.0 Å². The van der Waals surface area contributed by atoms with Gasteiger partial charge in [-0.15, -0.1) is 11.3 Å². The molecule has 3 heterocycles. The van der Waals surface area contributed by atoms with Crippen LogP contribution < -0.4 is 5.32 Å². The molecule has 9 heteroatoms. The fourth-order valence-electron chi connectivity index (χ4n) is 3.73. The number of aromatic nitrogens is 4. The molecule has 33 heavy (non-hydrogen) atoms. The third-order valence-electron chi connectivity index (χ3n) is 5.44. The molecule has 1 N–H and O–H groups in total. The van der Waals surface area contributed by atoms with Gasteiger partial charge >= 0.3 is 0 Å². The molecule has 3 aromatic heterocycles. The molecule has 0 saturated heterocycles. The number of hydrogen-bond acceptors (Lipinski definition) is 4. The third kappa shape index (κ3) is 4.03. The van der Waals surface area contributed by atoms with Crippen molar-refractivity contribution in [3.05, 3.63) is 99.8 Å². The van der Waals surface area contributed by atoms with Crippen LogP contribution in [0.1, 0.15) is 32.8 Å². The second kappa shape index (κ2) is 8.46. The molecule has 0 unspecified atom stereocenters. The van der Waals surface area contributed by atoms with E-state index < -0.39 is 6.04 Å². The molecule has 0 aliphatic carbocycles. The topological polar surface area (TPSA) is 64.7 Å². The summed E-state index contributed by atoms with van der Waals surface area (Å²) in [5, 5.41) is 9.18. The Morgan fingerprint density at radius 1 is 1.15 bits per heavy atom. The van der Waals surface area contributed by atoms with E-state index in [1.54, 1.807) is 35.1 Å². The van der Waals surface area contributed by atoms with E-state index in [1.807, 2.05) is 42.9 Å². The Balaban J connectivity index is 1.51. The summed E-state index contributed by atoms with van der Waals surface area (Å²) >= 11 is 7.40. The summed E-state index contributed by atoms with van der Waals surface area (Å²) in [6.07, 6.45) is 3.54. The monoisotopic (exact) mass is 479 g/mol. The van der Waals surface area contributed by atoms with Crippen molar-refractivity contribution in [3.8, 4) is 5.69 Å². The van der Waals surface area contributed by atoms with Gasteiger partial charge in [0, 0.05) is 29.9 Å². The number of aryl methyl sites for hydroxylation is 2. The number of thiophene rings is 1. The van der Waals surface area contributed by atoms with Gasteiger partial charge in [0.1, 0.15) is 22.5 Å². The third-order valence-corrected chi connectivity index (χ3v) is 6.80. The van der Waals surface area contributed by atoms with E-state index in [-0.39, 0.29) is 11.7 Å². The summed E-state index contributed by atoms with van der Waals surface area (Å²) in [5.41, 5.74) is 2.40. The summed E-state index contributed by atoms with van der Waals surface area (Å²) in [4.78, 5) is 19.1. The fourth-order valence-corrected chi connectivity index (χ4v) is 4.94. The number of benzene rings is 2. The van der Waals surface area contributed by atoms with Gasteiger partial charge in [-0.25, -0.2) is 14.1 Å². The van der Waals surface area contributed by atoms with Crippen LogP contribution in [0.15, 0.2) is 67.0 Å². The largest absolute Gasteiger partial charge is 0.337 e. The lowest BCUT2D eigenvalue weighted by atomic mass is 10.1. The zero-order chi connectivity index (χ0) is 23.1. The fraction of sp³-hybridized carbons (Fsp3) is 0.125. The van der Waals surface area contributed by atoms with E-state index in [0.717, 1.165) is 27.2 Å². The normalized spacial score (nSPS) is 12.2. The van der Waals surface area contributed by atoms with Gasteiger partial charge in [0.05, 0.1) is 16.3 Å². The average Bonchev–Trinajstić information content (AvgIpc) is 3.50. The average molecular weight is 480 g/mol. The highest BCUT2D eigenvalue weighted by Crippen LogP contribution is 2.31.